The smallest absolute Gasteiger partial charge is 0.341 e. The number of carbonyl (C=O) groups excluding carboxylic acids is 2. The first-order valence-electron chi connectivity index (χ1n) is 8.03. The van der Waals surface area contributed by atoms with Crippen LogP contribution in [-0.4, -0.2) is 30.7 Å². The third-order valence-corrected chi connectivity index (χ3v) is 4.16. The van der Waals surface area contributed by atoms with E-state index in [0.717, 1.165) is 19.3 Å². The van der Waals surface area contributed by atoms with Crippen molar-refractivity contribution in [1.29, 1.82) is 0 Å². The van der Waals surface area contributed by atoms with Crippen molar-refractivity contribution in [2.24, 2.45) is 0 Å². The molecule has 1 aliphatic rings. The molecule has 0 saturated carbocycles. The zero-order valence-electron chi connectivity index (χ0n) is 13.9. The summed E-state index contributed by atoms with van der Waals surface area (Å²) in [6.07, 6.45) is 3.27. The Morgan fingerprint density at radius 2 is 1.96 bits per heavy atom. The van der Waals surface area contributed by atoms with E-state index < -0.39 is 11.9 Å². The highest BCUT2D eigenvalue weighted by Gasteiger charge is 2.16. The fraction of sp³-hybridized carbons (Fsp3) is 0.263. The van der Waals surface area contributed by atoms with Gasteiger partial charge in [-0.1, -0.05) is 12.1 Å². The summed E-state index contributed by atoms with van der Waals surface area (Å²) >= 11 is 0. The largest absolute Gasteiger partial charge is 0.505 e. The van der Waals surface area contributed by atoms with Gasteiger partial charge in [-0.15, -0.1) is 0 Å². The Kier molecular flexibility index (Phi) is 4.88. The van der Waals surface area contributed by atoms with Gasteiger partial charge in [0.25, 0.3) is 5.91 Å². The molecule has 0 bridgehead atoms. The number of methoxy groups -OCH3 is 1. The topological polar surface area (TPSA) is 84.9 Å². The first-order valence-corrected chi connectivity index (χ1v) is 8.03. The molecule has 2 N–H and O–H groups in total. The van der Waals surface area contributed by atoms with E-state index in [0.29, 0.717) is 5.75 Å². The van der Waals surface area contributed by atoms with Gasteiger partial charge in [0, 0.05) is 0 Å². The molecule has 0 unspecified atom stereocenters. The monoisotopic (exact) mass is 341 g/mol. The van der Waals surface area contributed by atoms with Crippen LogP contribution in [0, 0.1) is 0 Å². The lowest BCUT2D eigenvalue weighted by Gasteiger charge is -2.11. The molecule has 0 saturated heterocycles. The van der Waals surface area contributed by atoms with Crippen LogP contribution in [0.5, 0.6) is 11.5 Å². The normalized spacial score (nSPS) is 12.4. The molecule has 0 spiro atoms. The van der Waals surface area contributed by atoms with Crippen molar-refractivity contribution >= 4 is 17.6 Å². The standard InChI is InChI=1S/C19H19NO5/c1-24-19(23)15-6-3-7-16(18(15)22)20-17(21)11-25-14-9-8-12-4-2-5-13(12)10-14/h3,6-10,22H,2,4-5,11H2,1H3,(H,20,21). The number of esters is 1. The molecule has 2 aromatic carbocycles. The zero-order valence-corrected chi connectivity index (χ0v) is 13.9. The second-order valence-electron chi connectivity index (χ2n) is 5.81. The number of anilines is 1. The highest BCUT2D eigenvalue weighted by atomic mass is 16.5. The molecule has 2 aromatic rings. The Hall–Kier alpha value is -3.02. The molecule has 1 amide bonds. The van der Waals surface area contributed by atoms with Crippen molar-refractivity contribution in [2.75, 3.05) is 19.0 Å². The molecule has 0 aliphatic heterocycles. The number of benzene rings is 2. The molecular weight excluding hydrogens is 322 g/mol. The molecule has 0 radical (unpaired) electrons. The maximum atomic E-state index is 12.1. The third-order valence-electron chi connectivity index (χ3n) is 4.16. The van der Waals surface area contributed by atoms with E-state index in [4.69, 9.17) is 4.74 Å². The minimum Gasteiger partial charge on any atom is -0.505 e. The molecule has 0 heterocycles. The maximum absolute atomic E-state index is 12.1. The molecule has 0 aromatic heterocycles. The van der Waals surface area contributed by atoms with Gasteiger partial charge in [-0.2, -0.15) is 0 Å². The molecule has 0 atom stereocenters. The fourth-order valence-electron chi connectivity index (χ4n) is 2.89. The minimum atomic E-state index is -0.678. The Bertz CT molecular complexity index is 815. The Morgan fingerprint density at radius 3 is 2.76 bits per heavy atom. The van der Waals surface area contributed by atoms with Crippen molar-refractivity contribution in [2.45, 2.75) is 19.3 Å². The van der Waals surface area contributed by atoms with Crippen molar-refractivity contribution in [3.05, 3.63) is 53.1 Å². The van der Waals surface area contributed by atoms with Crippen LogP contribution in [0.4, 0.5) is 5.69 Å². The Labute approximate surface area is 145 Å². The highest BCUT2D eigenvalue weighted by Crippen LogP contribution is 2.28. The summed E-state index contributed by atoms with van der Waals surface area (Å²) in [5, 5.41) is 12.6. The lowest BCUT2D eigenvalue weighted by atomic mass is 10.1. The maximum Gasteiger partial charge on any atom is 0.341 e. The lowest BCUT2D eigenvalue weighted by molar-refractivity contribution is -0.118. The molecule has 0 fully saturated rings. The van der Waals surface area contributed by atoms with Gasteiger partial charge in [-0.25, -0.2) is 4.79 Å². The predicted octanol–water partition coefficient (Wildman–Crippen LogP) is 2.69. The number of nitrogens with one attached hydrogen (secondary N) is 1. The number of amides is 1. The van der Waals surface area contributed by atoms with E-state index in [-0.39, 0.29) is 23.6 Å². The Balaban J connectivity index is 1.62. The van der Waals surface area contributed by atoms with Gasteiger partial charge in [-0.3, -0.25) is 4.79 Å². The van der Waals surface area contributed by atoms with Gasteiger partial charge < -0.3 is 19.9 Å². The Morgan fingerprint density at radius 1 is 1.16 bits per heavy atom. The van der Waals surface area contributed by atoms with E-state index in [9.17, 15) is 14.7 Å². The van der Waals surface area contributed by atoms with Crippen molar-refractivity contribution < 1.29 is 24.2 Å². The zero-order chi connectivity index (χ0) is 17.8. The van der Waals surface area contributed by atoms with Gasteiger partial charge in [-0.05, 0) is 54.7 Å². The van der Waals surface area contributed by atoms with Crippen LogP contribution in [0.2, 0.25) is 0 Å². The SMILES string of the molecule is COC(=O)c1cccc(NC(=O)COc2ccc3c(c2)CCC3)c1O. The molecule has 3 rings (SSSR count). The number of para-hydroxylation sites is 1. The number of phenolic OH excluding ortho intramolecular Hbond substituents is 1. The van der Waals surface area contributed by atoms with Crippen LogP contribution in [-0.2, 0) is 22.4 Å². The summed E-state index contributed by atoms with van der Waals surface area (Å²) in [7, 11) is 1.22. The molecule has 130 valence electrons. The number of ether oxygens (including phenoxy) is 2. The summed E-state index contributed by atoms with van der Waals surface area (Å²) in [5.74, 6) is -0.802. The number of carbonyl (C=O) groups is 2. The first-order chi connectivity index (χ1) is 12.1. The lowest BCUT2D eigenvalue weighted by Crippen LogP contribution is -2.20. The van der Waals surface area contributed by atoms with Crippen molar-refractivity contribution in [1.82, 2.24) is 0 Å². The van der Waals surface area contributed by atoms with Crippen LogP contribution in [0.1, 0.15) is 27.9 Å². The van der Waals surface area contributed by atoms with E-state index >= 15 is 0 Å². The van der Waals surface area contributed by atoms with Crippen LogP contribution < -0.4 is 10.1 Å². The first kappa shape index (κ1) is 16.8. The van der Waals surface area contributed by atoms with Crippen molar-refractivity contribution in [3.63, 3.8) is 0 Å². The second-order valence-corrected chi connectivity index (χ2v) is 5.81. The summed E-state index contributed by atoms with van der Waals surface area (Å²) in [4.78, 5) is 23.6. The highest BCUT2D eigenvalue weighted by molar-refractivity contribution is 5.98. The summed E-state index contributed by atoms with van der Waals surface area (Å²) < 4.78 is 10.1. The average molecular weight is 341 g/mol. The number of aryl methyl sites for hydroxylation is 2. The van der Waals surface area contributed by atoms with Gasteiger partial charge in [0.1, 0.15) is 11.3 Å². The predicted molar refractivity (Wildman–Crippen MR) is 92.0 cm³/mol. The number of fused-ring (bicyclic) bond motifs is 1. The third kappa shape index (κ3) is 3.74. The van der Waals surface area contributed by atoms with E-state index in [2.05, 4.69) is 10.1 Å². The van der Waals surface area contributed by atoms with Gasteiger partial charge >= 0.3 is 5.97 Å². The van der Waals surface area contributed by atoms with Crippen LogP contribution in [0.3, 0.4) is 0 Å². The van der Waals surface area contributed by atoms with E-state index in [1.54, 1.807) is 6.07 Å². The van der Waals surface area contributed by atoms with E-state index in [1.807, 2.05) is 18.2 Å². The van der Waals surface area contributed by atoms with E-state index in [1.165, 1.54) is 30.4 Å². The summed E-state index contributed by atoms with van der Waals surface area (Å²) in [6.45, 7) is -0.194. The second kappa shape index (κ2) is 7.25. The number of aromatic hydroxyl groups is 1. The summed E-state index contributed by atoms with van der Waals surface area (Å²) in [5.41, 5.74) is 2.72. The average Bonchev–Trinajstić information content (AvgIpc) is 3.09. The van der Waals surface area contributed by atoms with Crippen LogP contribution in [0.25, 0.3) is 0 Å². The number of hydrogen-bond acceptors (Lipinski definition) is 5. The molecular formula is C19H19NO5. The fourth-order valence-corrected chi connectivity index (χ4v) is 2.89. The van der Waals surface area contributed by atoms with Gasteiger partial charge in [0.2, 0.25) is 0 Å². The molecule has 1 aliphatic carbocycles. The van der Waals surface area contributed by atoms with Crippen LogP contribution >= 0.6 is 0 Å². The number of phenols is 1. The number of rotatable bonds is 5. The van der Waals surface area contributed by atoms with Crippen LogP contribution in [0.15, 0.2) is 36.4 Å². The minimum absolute atomic E-state index is 0.0140. The van der Waals surface area contributed by atoms with Crippen molar-refractivity contribution in [3.8, 4) is 11.5 Å². The quantitative estimate of drug-likeness (QED) is 0.645. The molecule has 6 nitrogen and oxygen atoms in total. The summed E-state index contributed by atoms with van der Waals surface area (Å²) in [6, 6.07) is 10.3. The molecule has 25 heavy (non-hydrogen) atoms. The number of hydrogen-bond donors (Lipinski definition) is 2. The molecule has 6 heteroatoms. The van der Waals surface area contributed by atoms with Gasteiger partial charge in [0.05, 0.1) is 12.8 Å². The van der Waals surface area contributed by atoms with Gasteiger partial charge in [0.15, 0.2) is 12.4 Å².